The molecule has 1 aromatic carbocycles. The van der Waals surface area contributed by atoms with Gasteiger partial charge < -0.3 is 0 Å². The van der Waals surface area contributed by atoms with Crippen LogP contribution in [0.5, 0.6) is 0 Å². The number of benzene rings is 1. The minimum atomic E-state index is 0.778. The first-order valence-electron chi connectivity index (χ1n) is 7.87. The molecule has 4 rings (SSSR count). The van der Waals surface area contributed by atoms with Crippen LogP contribution in [0.4, 0.5) is 0 Å². The Labute approximate surface area is 116 Å². The van der Waals surface area contributed by atoms with Crippen molar-refractivity contribution in [3.8, 4) is 0 Å². The SMILES string of the molecule is CC1CC2=C(CCc3ccccc32)C2=C1CCCC2. The van der Waals surface area contributed by atoms with Crippen LogP contribution in [0, 0.1) is 5.92 Å². The molecule has 0 heterocycles. The summed E-state index contributed by atoms with van der Waals surface area (Å²) in [6.45, 7) is 2.45. The number of aryl methyl sites for hydroxylation is 1. The lowest BCUT2D eigenvalue weighted by atomic mass is 9.68. The van der Waals surface area contributed by atoms with Gasteiger partial charge in [0, 0.05) is 0 Å². The van der Waals surface area contributed by atoms with Gasteiger partial charge in [-0.3, -0.25) is 0 Å². The number of rotatable bonds is 0. The highest BCUT2D eigenvalue weighted by atomic mass is 14.4. The molecule has 0 aliphatic heterocycles. The Kier molecular flexibility index (Phi) is 2.65. The van der Waals surface area contributed by atoms with Crippen molar-refractivity contribution in [2.45, 2.75) is 51.9 Å². The van der Waals surface area contributed by atoms with E-state index in [0.717, 1.165) is 5.92 Å². The van der Waals surface area contributed by atoms with Crippen LogP contribution in [-0.4, -0.2) is 0 Å². The van der Waals surface area contributed by atoms with Crippen molar-refractivity contribution in [3.63, 3.8) is 0 Å². The smallest absolute Gasteiger partial charge is 0.0185 e. The van der Waals surface area contributed by atoms with Crippen LogP contribution in [0.25, 0.3) is 5.57 Å². The topological polar surface area (TPSA) is 0 Å². The zero-order valence-corrected chi connectivity index (χ0v) is 11.8. The third-order valence-corrected chi connectivity index (χ3v) is 5.33. The highest BCUT2D eigenvalue weighted by Crippen LogP contribution is 2.48. The lowest BCUT2D eigenvalue weighted by molar-refractivity contribution is 0.561. The van der Waals surface area contributed by atoms with Gasteiger partial charge in [-0.15, -0.1) is 0 Å². The molecule has 1 atom stereocenters. The van der Waals surface area contributed by atoms with Gasteiger partial charge in [0.05, 0.1) is 0 Å². The molecule has 0 saturated carbocycles. The highest BCUT2D eigenvalue weighted by Gasteiger charge is 2.30. The molecule has 0 heteroatoms. The van der Waals surface area contributed by atoms with E-state index in [0.29, 0.717) is 0 Å². The predicted molar refractivity (Wildman–Crippen MR) is 81.0 cm³/mol. The van der Waals surface area contributed by atoms with Crippen LogP contribution in [0.1, 0.15) is 56.6 Å². The molecule has 1 aromatic rings. The molecule has 3 aliphatic rings. The molecule has 3 aliphatic carbocycles. The van der Waals surface area contributed by atoms with Gasteiger partial charge in [-0.05, 0) is 78.7 Å². The largest absolute Gasteiger partial charge is 0.0636 e. The van der Waals surface area contributed by atoms with Crippen LogP contribution in [0.2, 0.25) is 0 Å². The maximum Gasteiger partial charge on any atom is -0.0185 e. The van der Waals surface area contributed by atoms with Crippen molar-refractivity contribution in [2.75, 3.05) is 0 Å². The molecule has 0 N–H and O–H groups in total. The Morgan fingerprint density at radius 1 is 0.842 bits per heavy atom. The van der Waals surface area contributed by atoms with E-state index in [1.165, 1.54) is 44.9 Å². The third kappa shape index (κ3) is 1.73. The van der Waals surface area contributed by atoms with Gasteiger partial charge in [-0.1, -0.05) is 36.8 Å². The fraction of sp³-hybridized carbons (Fsp3) is 0.474. The van der Waals surface area contributed by atoms with Crippen molar-refractivity contribution >= 4 is 5.57 Å². The quantitative estimate of drug-likeness (QED) is 0.586. The monoisotopic (exact) mass is 250 g/mol. The second-order valence-electron chi connectivity index (χ2n) is 6.43. The maximum absolute atomic E-state index is 2.45. The van der Waals surface area contributed by atoms with E-state index in [9.17, 15) is 0 Å². The first-order chi connectivity index (χ1) is 9.34. The summed E-state index contributed by atoms with van der Waals surface area (Å²) in [6, 6.07) is 9.09. The molecule has 0 bridgehead atoms. The van der Waals surface area contributed by atoms with Crippen molar-refractivity contribution in [3.05, 3.63) is 52.1 Å². The standard InChI is InChI=1S/C19H22/c1-13-12-19-16-8-3-2-6-14(16)10-11-18(19)17-9-5-4-7-15(13)17/h2-3,6,8,13H,4-5,7,9-12H2,1H3. The molecular weight excluding hydrogens is 228 g/mol. The van der Waals surface area contributed by atoms with Crippen LogP contribution < -0.4 is 0 Å². The number of hydrogen-bond acceptors (Lipinski definition) is 0. The molecule has 0 fully saturated rings. The number of hydrogen-bond donors (Lipinski definition) is 0. The summed E-state index contributed by atoms with van der Waals surface area (Å²) in [5, 5.41) is 0. The fourth-order valence-electron chi connectivity index (χ4n) is 4.42. The van der Waals surface area contributed by atoms with Crippen LogP contribution in [-0.2, 0) is 6.42 Å². The molecule has 1 unspecified atom stereocenters. The first kappa shape index (κ1) is 11.5. The van der Waals surface area contributed by atoms with E-state index in [2.05, 4.69) is 31.2 Å². The molecule has 0 nitrogen and oxygen atoms in total. The second kappa shape index (κ2) is 4.37. The average Bonchev–Trinajstić information content (AvgIpc) is 2.47. The lowest BCUT2D eigenvalue weighted by Gasteiger charge is -2.36. The summed E-state index contributed by atoms with van der Waals surface area (Å²) < 4.78 is 0. The molecule has 19 heavy (non-hydrogen) atoms. The van der Waals surface area contributed by atoms with Crippen molar-refractivity contribution in [1.82, 2.24) is 0 Å². The van der Waals surface area contributed by atoms with E-state index in [1.807, 2.05) is 5.57 Å². The summed E-state index contributed by atoms with van der Waals surface area (Å²) in [5.41, 5.74) is 10.2. The summed E-state index contributed by atoms with van der Waals surface area (Å²) in [4.78, 5) is 0. The Balaban J connectivity index is 1.89. The van der Waals surface area contributed by atoms with Crippen LogP contribution >= 0.6 is 0 Å². The van der Waals surface area contributed by atoms with Gasteiger partial charge in [-0.25, -0.2) is 0 Å². The molecule has 0 amide bonds. The highest BCUT2D eigenvalue weighted by molar-refractivity contribution is 5.78. The number of fused-ring (bicyclic) bond motifs is 3. The minimum Gasteiger partial charge on any atom is -0.0636 e. The van der Waals surface area contributed by atoms with Gasteiger partial charge >= 0.3 is 0 Å². The minimum absolute atomic E-state index is 0.778. The van der Waals surface area contributed by atoms with Crippen LogP contribution in [0.3, 0.4) is 0 Å². The average molecular weight is 250 g/mol. The molecular formula is C19H22. The Morgan fingerprint density at radius 2 is 1.68 bits per heavy atom. The fourth-order valence-corrected chi connectivity index (χ4v) is 4.42. The summed E-state index contributed by atoms with van der Waals surface area (Å²) in [5.74, 6) is 0.778. The Morgan fingerprint density at radius 3 is 2.63 bits per heavy atom. The van der Waals surface area contributed by atoms with Gasteiger partial charge in [0.15, 0.2) is 0 Å². The van der Waals surface area contributed by atoms with E-state index in [4.69, 9.17) is 0 Å². The molecule has 98 valence electrons. The van der Waals surface area contributed by atoms with Crippen molar-refractivity contribution in [1.29, 1.82) is 0 Å². The number of allylic oxidation sites excluding steroid dienone is 4. The van der Waals surface area contributed by atoms with Gasteiger partial charge in [-0.2, -0.15) is 0 Å². The summed E-state index contributed by atoms with van der Waals surface area (Å²) in [6.07, 6.45) is 9.37. The van der Waals surface area contributed by atoms with Gasteiger partial charge in [0.25, 0.3) is 0 Å². The normalized spacial score (nSPS) is 25.8. The Hall–Kier alpha value is -1.30. The molecule has 0 aromatic heterocycles. The maximum atomic E-state index is 2.45. The van der Waals surface area contributed by atoms with Crippen LogP contribution in [0.15, 0.2) is 41.0 Å². The second-order valence-corrected chi connectivity index (χ2v) is 6.43. The predicted octanol–water partition coefficient (Wildman–Crippen LogP) is 5.30. The summed E-state index contributed by atoms with van der Waals surface area (Å²) >= 11 is 0. The third-order valence-electron chi connectivity index (χ3n) is 5.33. The van der Waals surface area contributed by atoms with Gasteiger partial charge in [0.1, 0.15) is 0 Å². The van der Waals surface area contributed by atoms with E-state index >= 15 is 0 Å². The first-order valence-corrected chi connectivity index (χ1v) is 7.87. The van der Waals surface area contributed by atoms with E-state index < -0.39 is 0 Å². The molecule has 0 saturated heterocycles. The van der Waals surface area contributed by atoms with E-state index in [1.54, 1.807) is 27.8 Å². The Bertz CT molecular complexity index is 586. The summed E-state index contributed by atoms with van der Waals surface area (Å²) in [7, 11) is 0. The lowest BCUT2D eigenvalue weighted by Crippen LogP contribution is -2.19. The zero-order valence-electron chi connectivity index (χ0n) is 11.8. The molecule has 0 radical (unpaired) electrons. The zero-order chi connectivity index (χ0) is 12.8. The molecule has 0 spiro atoms. The van der Waals surface area contributed by atoms with Crippen molar-refractivity contribution in [2.24, 2.45) is 5.92 Å². The van der Waals surface area contributed by atoms with E-state index in [-0.39, 0.29) is 0 Å². The van der Waals surface area contributed by atoms with Crippen molar-refractivity contribution < 1.29 is 0 Å². The van der Waals surface area contributed by atoms with Gasteiger partial charge in [0.2, 0.25) is 0 Å².